The monoisotopic (exact) mass is 377 g/mol. The highest BCUT2D eigenvalue weighted by molar-refractivity contribution is 5.79. The van der Waals surface area contributed by atoms with Crippen LogP contribution in [0.25, 0.3) is 0 Å². The normalized spacial score (nSPS) is 14.3. The third-order valence-corrected chi connectivity index (χ3v) is 4.32. The number of urea groups is 2. The van der Waals surface area contributed by atoms with Crippen LogP contribution in [0.2, 0.25) is 0 Å². The van der Waals surface area contributed by atoms with Crippen LogP contribution in [-0.2, 0) is 6.54 Å². The van der Waals surface area contributed by atoms with Gasteiger partial charge in [-0.15, -0.1) is 0 Å². The van der Waals surface area contributed by atoms with Gasteiger partial charge in [0.1, 0.15) is 5.75 Å². The zero-order valence-corrected chi connectivity index (χ0v) is 16.3. The van der Waals surface area contributed by atoms with Crippen LogP contribution in [0.5, 0.6) is 5.75 Å². The molecule has 0 aliphatic carbocycles. The van der Waals surface area contributed by atoms with E-state index in [4.69, 9.17) is 4.74 Å². The Balaban J connectivity index is 1.60. The molecule has 0 aromatic heterocycles. The van der Waals surface area contributed by atoms with Gasteiger partial charge in [0, 0.05) is 27.2 Å². The largest absolute Gasteiger partial charge is 0.494 e. The van der Waals surface area contributed by atoms with E-state index in [-0.39, 0.29) is 0 Å². The Labute approximate surface area is 161 Å². The highest BCUT2D eigenvalue weighted by atomic mass is 16.5. The van der Waals surface area contributed by atoms with Crippen molar-refractivity contribution < 1.29 is 14.3 Å². The van der Waals surface area contributed by atoms with Crippen molar-refractivity contribution in [1.29, 1.82) is 0 Å². The van der Waals surface area contributed by atoms with Gasteiger partial charge in [0.25, 0.3) is 0 Å². The fourth-order valence-corrected chi connectivity index (χ4v) is 2.84. The Hall–Kier alpha value is -2.48. The summed E-state index contributed by atoms with van der Waals surface area (Å²) in [6.07, 6.45) is 4.59. The van der Waals surface area contributed by atoms with E-state index in [0.29, 0.717) is 19.6 Å². The van der Waals surface area contributed by atoms with E-state index < -0.39 is 12.1 Å². The first kappa shape index (κ1) is 20.8. The fraction of sp³-hybridized carbons (Fsp3) is 0.579. The van der Waals surface area contributed by atoms with Crippen molar-refractivity contribution in [3.8, 4) is 5.75 Å². The second-order valence-corrected chi connectivity index (χ2v) is 6.89. The lowest BCUT2D eigenvalue weighted by Gasteiger charge is -2.26. The lowest BCUT2D eigenvalue weighted by atomic mass is 10.1. The van der Waals surface area contributed by atoms with Gasteiger partial charge in [-0.1, -0.05) is 18.6 Å². The minimum absolute atomic E-state index is 0.391. The molecule has 1 fully saturated rings. The lowest BCUT2D eigenvalue weighted by Crippen LogP contribution is -2.50. The number of nitrogens with zero attached hydrogens (tertiary/aromatic N) is 2. The average molecular weight is 377 g/mol. The van der Waals surface area contributed by atoms with Crippen molar-refractivity contribution in [3.05, 3.63) is 29.8 Å². The summed E-state index contributed by atoms with van der Waals surface area (Å²) in [5.41, 5.74) is 5.83. The van der Waals surface area contributed by atoms with E-state index in [2.05, 4.69) is 33.2 Å². The maximum absolute atomic E-state index is 11.5. The molecule has 4 amide bonds. The number of amides is 4. The van der Waals surface area contributed by atoms with E-state index in [1.807, 2.05) is 12.1 Å². The molecule has 1 aromatic carbocycles. The predicted molar refractivity (Wildman–Crippen MR) is 104 cm³/mol. The fourth-order valence-electron chi connectivity index (χ4n) is 2.84. The molecule has 27 heavy (non-hydrogen) atoms. The minimum atomic E-state index is -0.450. The van der Waals surface area contributed by atoms with Crippen molar-refractivity contribution >= 4 is 12.1 Å². The molecule has 0 radical (unpaired) electrons. The van der Waals surface area contributed by atoms with Gasteiger partial charge in [-0.3, -0.25) is 4.90 Å². The van der Waals surface area contributed by atoms with Crippen LogP contribution >= 0.6 is 0 Å². The summed E-state index contributed by atoms with van der Waals surface area (Å²) >= 11 is 0. The van der Waals surface area contributed by atoms with Gasteiger partial charge >= 0.3 is 12.1 Å². The topological polar surface area (TPSA) is 85.9 Å². The van der Waals surface area contributed by atoms with Crippen molar-refractivity contribution in [2.24, 2.45) is 0 Å². The number of carbonyl (C=O) groups is 2. The Morgan fingerprint density at radius 1 is 1.15 bits per heavy atom. The smallest absolute Gasteiger partial charge is 0.335 e. The molecule has 0 spiro atoms. The average Bonchev–Trinajstić information content (AvgIpc) is 2.67. The molecule has 3 N–H and O–H groups in total. The standard InChI is InChI=1S/C19H31N5O3/c1-23(2)19(26)22-21-18(25)20-10-7-13-27-17-9-6-8-16(14-17)15-24-11-4-3-5-12-24/h6,8-9,14H,3-5,7,10-13,15H2,1-2H3,(H,22,26)(H2,20,21,25). The number of carbonyl (C=O) groups excluding carboxylic acids is 2. The van der Waals surface area contributed by atoms with Gasteiger partial charge in [0.15, 0.2) is 0 Å². The summed E-state index contributed by atoms with van der Waals surface area (Å²) in [6.45, 7) is 4.29. The molecule has 0 unspecified atom stereocenters. The first-order chi connectivity index (χ1) is 13.0. The van der Waals surface area contributed by atoms with E-state index >= 15 is 0 Å². The summed E-state index contributed by atoms with van der Waals surface area (Å²) < 4.78 is 5.78. The molecule has 1 aromatic rings. The van der Waals surface area contributed by atoms with E-state index in [1.165, 1.54) is 42.8 Å². The number of piperidine rings is 1. The van der Waals surface area contributed by atoms with Crippen LogP contribution in [0.15, 0.2) is 24.3 Å². The van der Waals surface area contributed by atoms with Crippen LogP contribution in [0.3, 0.4) is 0 Å². The Morgan fingerprint density at radius 2 is 1.93 bits per heavy atom. The summed E-state index contributed by atoms with van der Waals surface area (Å²) in [6, 6.07) is 7.36. The molecular weight excluding hydrogens is 346 g/mol. The van der Waals surface area contributed by atoms with Crippen LogP contribution in [-0.4, -0.2) is 62.2 Å². The van der Waals surface area contributed by atoms with Gasteiger partial charge in [0.05, 0.1) is 6.61 Å². The quantitative estimate of drug-likeness (QED) is 0.501. The molecule has 8 heteroatoms. The zero-order chi connectivity index (χ0) is 19.5. The summed E-state index contributed by atoms with van der Waals surface area (Å²) in [4.78, 5) is 26.6. The molecule has 1 aliphatic rings. The maximum atomic E-state index is 11.5. The van der Waals surface area contributed by atoms with Crippen LogP contribution in [0, 0.1) is 0 Å². The van der Waals surface area contributed by atoms with Gasteiger partial charge in [-0.2, -0.15) is 0 Å². The second-order valence-electron chi connectivity index (χ2n) is 6.89. The number of hydrogen-bond acceptors (Lipinski definition) is 4. The molecule has 0 bridgehead atoms. The molecule has 2 rings (SSSR count). The second kappa shape index (κ2) is 11.3. The van der Waals surface area contributed by atoms with Gasteiger partial charge in [-0.25, -0.2) is 20.4 Å². The number of hydrazine groups is 1. The van der Waals surface area contributed by atoms with Crippen LogP contribution in [0.4, 0.5) is 9.59 Å². The lowest BCUT2D eigenvalue weighted by molar-refractivity contribution is 0.207. The van der Waals surface area contributed by atoms with E-state index in [0.717, 1.165) is 12.3 Å². The van der Waals surface area contributed by atoms with Crippen molar-refractivity contribution in [2.45, 2.75) is 32.2 Å². The van der Waals surface area contributed by atoms with E-state index in [9.17, 15) is 9.59 Å². The molecule has 150 valence electrons. The molecule has 8 nitrogen and oxygen atoms in total. The first-order valence-electron chi connectivity index (χ1n) is 9.50. The summed E-state index contributed by atoms with van der Waals surface area (Å²) in [7, 11) is 3.18. The Kier molecular flexibility index (Phi) is 8.70. The molecule has 1 aliphatic heterocycles. The molecule has 1 saturated heterocycles. The van der Waals surface area contributed by atoms with Crippen molar-refractivity contribution in [1.82, 2.24) is 26.0 Å². The maximum Gasteiger partial charge on any atom is 0.335 e. The van der Waals surface area contributed by atoms with Crippen molar-refractivity contribution in [3.63, 3.8) is 0 Å². The first-order valence-corrected chi connectivity index (χ1v) is 9.50. The molecule has 0 saturated carbocycles. The molecular formula is C19H31N5O3. The van der Waals surface area contributed by atoms with E-state index in [1.54, 1.807) is 14.1 Å². The number of nitrogens with one attached hydrogen (secondary N) is 3. The highest BCUT2D eigenvalue weighted by Crippen LogP contribution is 2.17. The number of hydrogen-bond donors (Lipinski definition) is 3. The van der Waals surface area contributed by atoms with Crippen LogP contribution in [0.1, 0.15) is 31.2 Å². The predicted octanol–water partition coefficient (Wildman–Crippen LogP) is 1.93. The third kappa shape index (κ3) is 8.17. The third-order valence-electron chi connectivity index (χ3n) is 4.32. The summed E-state index contributed by atoms with van der Waals surface area (Å²) in [5, 5.41) is 2.66. The zero-order valence-electron chi connectivity index (χ0n) is 16.3. The number of ether oxygens (including phenoxy) is 1. The molecule has 1 heterocycles. The minimum Gasteiger partial charge on any atom is -0.494 e. The Bertz CT molecular complexity index is 603. The van der Waals surface area contributed by atoms with Crippen LogP contribution < -0.4 is 20.9 Å². The Morgan fingerprint density at radius 3 is 2.67 bits per heavy atom. The number of benzene rings is 1. The highest BCUT2D eigenvalue weighted by Gasteiger charge is 2.10. The van der Waals surface area contributed by atoms with Gasteiger partial charge < -0.3 is 15.0 Å². The van der Waals surface area contributed by atoms with Gasteiger partial charge in [-0.05, 0) is 50.0 Å². The SMILES string of the molecule is CN(C)C(=O)NNC(=O)NCCCOc1cccc(CN2CCCCC2)c1. The molecule has 0 atom stereocenters. The number of rotatable bonds is 7. The summed E-state index contributed by atoms with van der Waals surface area (Å²) in [5.74, 6) is 0.854. The van der Waals surface area contributed by atoms with Gasteiger partial charge in [0.2, 0.25) is 0 Å². The van der Waals surface area contributed by atoms with Crippen molar-refractivity contribution in [2.75, 3.05) is 40.3 Å². The number of likely N-dealkylation sites (tertiary alicyclic amines) is 1.